The average molecular weight is 190 g/mol. The maximum absolute atomic E-state index is 6.65. The van der Waals surface area contributed by atoms with Crippen LogP contribution < -0.4 is 4.74 Å². The third-order valence-electron chi connectivity index (χ3n) is 1.08. The molecule has 58 valence electrons. The van der Waals surface area contributed by atoms with Crippen LogP contribution in [-0.4, -0.2) is 6.40 Å². The average Bonchev–Trinajstić information content (AvgIpc) is 1.95. The van der Waals surface area contributed by atoms with Gasteiger partial charge < -0.3 is 4.74 Å². The smallest absolute Gasteiger partial charge is 0.173 e. The van der Waals surface area contributed by atoms with Crippen LogP contribution in [0.15, 0.2) is 18.2 Å². The predicted molar refractivity (Wildman–Crippen MR) is 45.9 cm³/mol. The highest BCUT2D eigenvalue weighted by atomic mass is 35.5. The number of benzene rings is 1. The molecule has 0 fully saturated rings. The molecule has 11 heavy (non-hydrogen) atoms. The van der Waals surface area contributed by atoms with E-state index in [4.69, 9.17) is 33.3 Å². The van der Waals surface area contributed by atoms with Gasteiger partial charge >= 0.3 is 0 Å². The summed E-state index contributed by atoms with van der Waals surface area (Å²) in [5.41, 5.74) is 0. The predicted octanol–water partition coefficient (Wildman–Crippen LogP) is 2.98. The minimum atomic E-state index is 0.404. The van der Waals surface area contributed by atoms with Gasteiger partial charge in [-0.15, -0.1) is 0 Å². The van der Waals surface area contributed by atoms with Crippen LogP contribution in [0.5, 0.6) is 5.75 Å². The fraction of sp³-hybridized carbons (Fsp3) is 0. The van der Waals surface area contributed by atoms with Crippen molar-refractivity contribution in [3.63, 3.8) is 0 Å². The van der Waals surface area contributed by atoms with Crippen molar-refractivity contribution < 1.29 is 4.74 Å². The van der Waals surface area contributed by atoms with Crippen LogP contribution in [0.4, 0.5) is 0 Å². The molecule has 0 spiro atoms. The summed E-state index contributed by atoms with van der Waals surface area (Å²) >= 11 is 11.3. The lowest BCUT2D eigenvalue weighted by Crippen LogP contribution is -1.87. The Hall–Kier alpha value is -0.730. The molecule has 2 nitrogen and oxygen atoms in total. The van der Waals surface area contributed by atoms with Crippen molar-refractivity contribution in [2.75, 3.05) is 0 Å². The van der Waals surface area contributed by atoms with Crippen molar-refractivity contribution in [2.24, 2.45) is 0 Å². The summed E-state index contributed by atoms with van der Waals surface area (Å²) in [4.78, 5) is 0. The van der Waals surface area contributed by atoms with Crippen molar-refractivity contribution >= 4 is 29.6 Å². The zero-order chi connectivity index (χ0) is 8.27. The number of halogens is 2. The van der Waals surface area contributed by atoms with E-state index in [1.54, 1.807) is 18.2 Å². The van der Waals surface area contributed by atoms with Gasteiger partial charge in [0, 0.05) is 5.02 Å². The minimum Gasteiger partial charge on any atom is -0.445 e. The van der Waals surface area contributed by atoms with Gasteiger partial charge in [0.2, 0.25) is 0 Å². The van der Waals surface area contributed by atoms with Crippen LogP contribution in [0.2, 0.25) is 10.0 Å². The first-order valence-electron chi connectivity index (χ1n) is 2.84. The Balaban J connectivity index is 2.98. The molecule has 0 saturated carbocycles. The SMILES string of the molecule is N=COc1ccc(Cl)cc1Cl. The molecular formula is C7H5Cl2NO. The maximum Gasteiger partial charge on any atom is 0.173 e. The number of rotatable bonds is 2. The van der Waals surface area contributed by atoms with Gasteiger partial charge in [0.1, 0.15) is 5.75 Å². The van der Waals surface area contributed by atoms with E-state index in [-0.39, 0.29) is 0 Å². The van der Waals surface area contributed by atoms with Gasteiger partial charge in [0.15, 0.2) is 6.40 Å². The number of nitrogens with one attached hydrogen (secondary N) is 1. The Morgan fingerprint density at radius 3 is 2.64 bits per heavy atom. The summed E-state index contributed by atoms with van der Waals surface area (Å²) < 4.78 is 4.74. The lowest BCUT2D eigenvalue weighted by molar-refractivity contribution is 0.570. The van der Waals surface area contributed by atoms with E-state index in [2.05, 4.69) is 0 Å². The summed E-state index contributed by atoms with van der Waals surface area (Å²) in [5.74, 6) is 0.436. The van der Waals surface area contributed by atoms with E-state index in [0.29, 0.717) is 15.8 Å². The molecule has 4 heteroatoms. The van der Waals surface area contributed by atoms with Crippen molar-refractivity contribution in [2.45, 2.75) is 0 Å². The van der Waals surface area contributed by atoms with Crippen LogP contribution in [0, 0.1) is 5.41 Å². The van der Waals surface area contributed by atoms with Gasteiger partial charge in [-0.1, -0.05) is 23.2 Å². The van der Waals surface area contributed by atoms with Gasteiger partial charge in [-0.05, 0) is 18.2 Å². The lowest BCUT2D eigenvalue weighted by atomic mass is 10.3. The summed E-state index contributed by atoms with van der Waals surface area (Å²) in [5, 5.41) is 7.60. The Morgan fingerprint density at radius 2 is 2.09 bits per heavy atom. The molecule has 0 aliphatic carbocycles. The standard InChI is InChI=1S/C7H5Cl2NO/c8-5-1-2-7(11-4-10)6(9)3-5/h1-4,10H. The largest absolute Gasteiger partial charge is 0.445 e. The molecule has 0 bridgehead atoms. The Kier molecular flexibility index (Phi) is 2.74. The van der Waals surface area contributed by atoms with Crippen LogP contribution in [0.25, 0.3) is 0 Å². The zero-order valence-electron chi connectivity index (χ0n) is 5.47. The first-order valence-corrected chi connectivity index (χ1v) is 3.60. The fourth-order valence-corrected chi connectivity index (χ4v) is 1.09. The topological polar surface area (TPSA) is 33.1 Å². The minimum absolute atomic E-state index is 0.404. The second-order valence-electron chi connectivity index (χ2n) is 1.81. The monoisotopic (exact) mass is 189 g/mol. The Labute approximate surface area is 74.2 Å². The highest BCUT2D eigenvalue weighted by molar-refractivity contribution is 6.35. The lowest BCUT2D eigenvalue weighted by Gasteiger charge is -2.00. The Morgan fingerprint density at radius 1 is 1.36 bits per heavy atom. The molecule has 1 N–H and O–H groups in total. The summed E-state index contributed by atoms with van der Waals surface area (Å²) in [6.45, 7) is 0. The Bertz CT molecular complexity index is 275. The summed E-state index contributed by atoms with van der Waals surface area (Å²) in [6.07, 6.45) is 0.815. The van der Waals surface area contributed by atoms with Crippen LogP contribution >= 0.6 is 23.2 Å². The molecule has 0 aromatic heterocycles. The molecule has 0 saturated heterocycles. The molecule has 1 aromatic carbocycles. The van der Waals surface area contributed by atoms with Crippen LogP contribution in [0.3, 0.4) is 0 Å². The van der Waals surface area contributed by atoms with Crippen molar-refractivity contribution in [1.29, 1.82) is 5.41 Å². The van der Waals surface area contributed by atoms with Crippen LogP contribution in [0.1, 0.15) is 0 Å². The quantitative estimate of drug-likeness (QED) is 0.564. The summed E-state index contributed by atoms with van der Waals surface area (Å²) in [6, 6.07) is 4.81. The molecule has 0 radical (unpaired) electrons. The van der Waals surface area contributed by atoms with Crippen LogP contribution in [-0.2, 0) is 0 Å². The molecule has 1 aromatic rings. The molecular weight excluding hydrogens is 185 g/mol. The highest BCUT2D eigenvalue weighted by Gasteiger charge is 1.99. The van der Waals surface area contributed by atoms with E-state index in [1.807, 2.05) is 0 Å². The van der Waals surface area contributed by atoms with E-state index in [0.717, 1.165) is 6.40 Å². The second-order valence-corrected chi connectivity index (χ2v) is 2.65. The molecule has 1 rings (SSSR count). The van der Waals surface area contributed by atoms with E-state index < -0.39 is 0 Å². The highest BCUT2D eigenvalue weighted by Crippen LogP contribution is 2.26. The van der Waals surface area contributed by atoms with Gasteiger partial charge in [-0.2, -0.15) is 0 Å². The van der Waals surface area contributed by atoms with E-state index in [9.17, 15) is 0 Å². The second kappa shape index (κ2) is 3.60. The van der Waals surface area contributed by atoms with Gasteiger partial charge in [0.05, 0.1) is 5.02 Å². The molecule has 0 unspecified atom stereocenters. The number of hydrogen-bond donors (Lipinski definition) is 1. The van der Waals surface area contributed by atoms with E-state index in [1.165, 1.54) is 0 Å². The van der Waals surface area contributed by atoms with Gasteiger partial charge in [-0.25, -0.2) is 0 Å². The molecule has 0 aliphatic heterocycles. The first-order chi connectivity index (χ1) is 5.24. The third kappa shape index (κ3) is 2.10. The molecule has 0 aliphatic rings. The first kappa shape index (κ1) is 8.37. The van der Waals surface area contributed by atoms with Gasteiger partial charge in [-0.3, -0.25) is 5.41 Å². The van der Waals surface area contributed by atoms with Crippen molar-refractivity contribution in [1.82, 2.24) is 0 Å². The molecule has 0 atom stereocenters. The fourth-order valence-electron chi connectivity index (χ4n) is 0.634. The zero-order valence-corrected chi connectivity index (χ0v) is 6.99. The van der Waals surface area contributed by atoms with Crippen molar-refractivity contribution in [3.8, 4) is 5.75 Å². The molecule has 0 amide bonds. The van der Waals surface area contributed by atoms with Crippen molar-refractivity contribution in [3.05, 3.63) is 28.2 Å². The maximum atomic E-state index is 6.65. The third-order valence-corrected chi connectivity index (χ3v) is 1.61. The van der Waals surface area contributed by atoms with E-state index >= 15 is 0 Å². The van der Waals surface area contributed by atoms with Gasteiger partial charge in [0.25, 0.3) is 0 Å². The summed E-state index contributed by atoms with van der Waals surface area (Å²) in [7, 11) is 0. The normalized spacial score (nSPS) is 9.27. The molecule has 0 heterocycles. The number of ether oxygens (including phenoxy) is 1. The number of hydrogen-bond acceptors (Lipinski definition) is 2.